The summed E-state index contributed by atoms with van der Waals surface area (Å²) in [5.74, 6) is 1.11. The average molecular weight is 269 g/mol. The van der Waals surface area contributed by atoms with Gasteiger partial charge in [-0.15, -0.1) is 0 Å². The van der Waals surface area contributed by atoms with E-state index in [0.29, 0.717) is 17.9 Å². The molecule has 2 heteroatoms. The highest BCUT2D eigenvalue weighted by Gasteiger charge is 2.41. The van der Waals surface area contributed by atoms with Gasteiger partial charge in [-0.05, 0) is 48.4 Å². The maximum atomic E-state index is 12.9. The number of rotatable bonds is 5. The first kappa shape index (κ1) is 13.3. The van der Waals surface area contributed by atoms with Crippen molar-refractivity contribution in [3.8, 4) is 0 Å². The second-order valence-corrected chi connectivity index (χ2v) is 5.71. The van der Waals surface area contributed by atoms with Crippen LogP contribution in [0.3, 0.4) is 0 Å². The van der Waals surface area contributed by atoms with Crippen LogP contribution in [0.4, 0.5) is 4.39 Å². The van der Waals surface area contributed by atoms with Crippen LogP contribution in [0.2, 0.25) is 0 Å². The van der Waals surface area contributed by atoms with Crippen LogP contribution in [-0.2, 0) is 6.54 Å². The molecule has 104 valence electrons. The van der Waals surface area contributed by atoms with Crippen molar-refractivity contribution in [1.82, 2.24) is 5.32 Å². The van der Waals surface area contributed by atoms with E-state index in [-0.39, 0.29) is 5.82 Å². The van der Waals surface area contributed by atoms with E-state index in [1.165, 1.54) is 17.5 Å². The van der Waals surface area contributed by atoms with Gasteiger partial charge in [0.05, 0.1) is 0 Å². The van der Waals surface area contributed by atoms with Gasteiger partial charge in [0.1, 0.15) is 5.82 Å². The van der Waals surface area contributed by atoms with Gasteiger partial charge in [0, 0.05) is 12.6 Å². The van der Waals surface area contributed by atoms with Crippen molar-refractivity contribution in [3.05, 3.63) is 71.5 Å². The number of nitrogens with one attached hydrogen (secondary N) is 1. The zero-order valence-corrected chi connectivity index (χ0v) is 11.7. The quantitative estimate of drug-likeness (QED) is 0.861. The van der Waals surface area contributed by atoms with Crippen LogP contribution in [-0.4, -0.2) is 6.04 Å². The minimum absolute atomic E-state index is 0.152. The predicted octanol–water partition coefficient (Wildman–Crippen LogP) is 4.11. The molecule has 0 amide bonds. The molecule has 20 heavy (non-hydrogen) atoms. The molecule has 1 saturated carbocycles. The Morgan fingerprint density at radius 1 is 1.10 bits per heavy atom. The maximum absolute atomic E-state index is 12.9. The van der Waals surface area contributed by atoms with Gasteiger partial charge >= 0.3 is 0 Å². The molecule has 0 unspecified atom stereocenters. The lowest BCUT2D eigenvalue weighted by Crippen LogP contribution is -2.27. The van der Waals surface area contributed by atoms with E-state index >= 15 is 0 Å². The van der Waals surface area contributed by atoms with Crippen LogP contribution < -0.4 is 5.32 Å². The summed E-state index contributed by atoms with van der Waals surface area (Å²) in [5, 5.41) is 3.60. The molecule has 2 aromatic carbocycles. The molecule has 1 N–H and O–H groups in total. The molecular formula is C18H20FN. The third-order valence-electron chi connectivity index (χ3n) is 4.25. The predicted molar refractivity (Wildman–Crippen MR) is 80.0 cm³/mol. The van der Waals surface area contributed by atoms with E-state index < -0.39 is 0 Å². The fraction of sp³-hybridized carbons (Fsp3) is 0.333. The molecule has 3 rings (SSSR count). The smallest absolute Gasteiger partial charge is 0.123 e. The highest BCUT2D eigenvalue weighted by atomic mass is 19.1. The van der Waals surface area contributed by atoms with Crippen molar-refractivity contribution in [2.75, 3.05) is 0 Å². The van der Waals surface area contributed by atoms with Gasteiger partial charge in [-0.2, -0.15) is 0 Å². The first-order valence-electron chi connectivity index (χ1n) is 7.27. The van der Waals surface area contributed by atoms with Crippen molar-refractivity contribution < 1.29 is 4.39 Å². The lowest BCUT2D eigenvalue weighted by Gasteiger charge is -2.14. The van der Waals surface area contributed by atoms with E-state index in [1.54, 1.807) is 12.1 Å². The largest absolute Gasteiger partial charge is 0.310 e. The van der Waals surface area contributed by atoms with Gasteiger partial charge in [-0.1, -0.05) is 42.5 Å². The van der Waals surface area contributed by atoms with Crippen molar-refractivity contribution in [1.29, 1.82) is 0 Å². The maximum Gasteiger partial charge on any atom is 0.123 e. The normalized spacial score (nSPS) is 22.5. The fourth-order valence-electron chi connectivity index (χ4n) is 2.89. The summed E-state index contributed by atoms with van der Waals surface area (Å²) >= 11 is 0. The molecule has 0 aliphatic heterocycles. The van der Waals surface area contributed by atoms with Crippen molar-refractivity contribution in [2.24, 2.45) is 5.92 Å². The van der Waals surface area contributed by atoms with E-state index in [1.807, 2.05) is 18.2 Å². The molecule has 1 nitrogen and oxygen atoms in total. The lowest BCUT2D eigenvalue weighted by atomic mass is 10.1. The Balaban J connectivity index is 1.52. The summed E-state index contributed by atoms with van der Waals surface area (Å²) < 4.78 is 12.9. The Morgan fingerprint density at radius 3 is 2.50 bits per heavy atom. The topological polar surface area (TPSA) is 12.0 Å². The Morgan fingerprint density at radius 2 is 1.80 bits per heavy atom. The zero-order valence-electron chi connectivity index (χ0n) is 11.7. The molecular weight excluding hydrogens is 249 g/mol. The fourth-order valence-corrected chi connectivity index (χ4v) is 2.89. The summed E-state index contributed by atoms with van der Waals surface area (Å²) in [4.78, 5) is 0. The molecule has 3 atom stereocenters. The molecule has 0 heterocycles. The molecule has 0 aromatic heterocycles. The van der Waals surface area contributed by atoms with E-state index in [4.69, 9.17) is 0 Å². The lowest BCUT2D eigenvalue weighted by molar-refractivity contribution is 0.488. The van der Waals surface area contributed by atoms with Crippen LogP contribution in [0.25, 0.3) is 0 Å². The molecule has 1 fully saturated rings. The van der Waals surface area contributed by atoms with Gasteiger partial charge in [-0.25, -0.2) is 4.39 Å². The summed E-state index contributed by atoms with van der Waals surface area (Å²) in [6.07, 6.45) is 1.20. The number of halogens is 1. The SMILES string of the molecule is C[C@H](NCc1ccccc1)[C@H]1C[C@H]1c1ccc(F)cc1. The van der Waals surface area contributed by atoms with Crippen LogP contribution in [0.15, 0.2) is 54.6 Å². The van der Waals surface area contributed by atoms with Crippen LogP contribution in [0, 0.1) is 11.7 Å². The number of hydrogen-bond acceptors (Lipinski definition) is 1. The average Bonchev–Trinajstić information content (AvgIpc) is 3.27. The van der Waals surface area contributed by atoms with Gasteiger partial charge < -0.3 is 5.32 Å². The third-order valence-corrected chi connectivity index (χ3v) is 4.25. The molecule has 0 spiro atoms. The van der Waals surface area contributed by atoms with Crippen molar-refractivity contribution >= 4 is 0 Å². The van der Waals surface area contributed by atoms with Gasteiger partial charge in [0.2, 0.25) is 0 Å². The van der Waals surface area contributed by atoms with Crippen molar-refractivity contribution in [3.63, 3.8) is 0 Å². The summed E-state index contributed by atoms with van der Waals surface area (Å²) in [7, 11) is 0. The first-order chi connectivity index (χ1) is 9.74. The van der Waals surface area contributed by atoms with Crippen molar-refractivity contribution in [2.45, 2.75) is 31.8 Å². The molecule has 2 aromatic rings. The highest BCUT2D eigenvalue weighted by molar-refractivity contribution is 5.27. The molecule has 1 aliphatic rings. The summed E-state index contributed by atoms with van der Waals surface area (Å²) in [6.45, 7) is 3.16. The van der Waals surface area contributed by atoms with Gasteiger partial charge in [0.25, 0.3) is 0 Å². The van der Waals surface area contributed by atoms with E-state index in [2.05, 4.69) is 36.5 Å². The number of benzene rings is 2. The molecule has 0 bridgehead atoms. The summed E-state index contributed by atoms with van der Waals surface area (Å²) in [6, 6.07) is 17.9. The minimum Gasteiger partial charge on any atom is -0.310 e. The monoisotopic (exact) mass is 269 g/mol. The minimum atomic E-state index is -0.152. The van der Waals surface area contributed by atoms with Gasteiger partial charge in [0.15, 0.2) is 0 Å². The molecule has 1 aliphatic carbocycles. The molecule has 0 radical (unpaired) electrons. The summed E-state index contributed by atoms with van der Waals surface area (Å²) in [5.41, 5.74) is 2.59. The first-order valence-corrected chi connectivity index (χ1v) is 7.27. The third kappa shape index (κ3) is 3.07. The Labute approximate surface area is 119 Å². The Hall–Kier alpha value is -1.67. The van der Waals surface area contributed by atoms with Crippen LogP contribution in [0.1, 0.15) is 30.4 Å². The van der Waals surface area contributed by atoms with E-state index in [0.717, 1.165) is 6.54 Å². The Bertz CT molecular complexity index is 549. The number of hydrogen-bond donors (Lipinski definition) is 1. The standard InChI is InChI=1S/C18H20FN/c1-13(20-12-14-5-3-2-4-6-14)17-11-18(17)15-7-9-16(19)10-8-15/h2-10,13,17-18,20H,11-12H2,1H3/t13-,17+,18-/m0/s1. The Kier molecular flexibility index (Phi) is 3.83. The van der Waals surface area contributed by atoms with Gasteiger partial charge in [-0.3, -0.25) is 0 Å². The van der Waals surface area contributed by atoms with E-state index in [9.17, 15) is 4.39 Å². The van der Waals surface area contributed by atoms with Crippen LogP contribution >= 0.6 is 0 Å². The zero-order chi connectivity index (χ0) is 13.9. The second kappa shape index (κ2) is 5.76. The van der Waals surface area contributed by atoms with Crippen LogP contribution in [0.5, 0.6) is 0 Å². The molecule has 0 saturated heterocycles. The second-order valence-electron chi connectivity index (χ2n) is 5.71. The highest BCUT2D eigenvalue weighted by Crippen LogP contribution is 2.49.